The average Bonchev–Trinajstić information content (AvgIpc) is 2.82. The van der Waals surface area contributed by atoms with Crippen molar-refractivity contribution in [3.8, 4) is 0 Å². The highest BCUT2D eigenvalue weighted by Crippen LogP contribution is 2.25. The molecule has 4 heteroatoms. The van der Waals surface area contributed by atoms with E-state index in [1.165, 1.54) is 16.5 Å². The lowest BCUT2D eigenvalue weighted by molar-refractivity contribution is 0.579. The summed E-state index contributed by atoms with van der Waals surface area (Å²) in [4.78, 5) is 0. The van der Waals surface area contributed by atoms with Gasteiger partial charge in [0.05, 0.1) is 11.2 Å². The van der Waals surface area contributed by atoms with Crippen molar-refractivity contribution in [3.05, 3.63) is 64.3 Å². The third kappa shape index (κ3) is 2.87. The molecule has 3 aromatic rings. The molecule has 0 aliphatic carbocycles. The molecule has 0 radical (unpaired) electrons. The molecule has 0 aliphatic heterocycles. The van der Waals surface area contributed by atoms with Gasteiger partial charge in [-0.05, 0) is 30.8 Å². The monoisotopic (exact) mass is 343 g/mol. The summed E-state index contributed by atoms with van der Waals surface area (Å²) in [6, 6.07) is 17.1. The molecule has 0 saturated carbocycles. The summed E-state index contributed by atoms with van der Waals surface area (Å²) in [5, 5.41) is 9.32. The molecular formula is C17H18BrN3. The Kier molecular flexibility index (Phi) is 4.08. The maximum absolute atomic E-state index is 4.69. The van der Waals surface area contributed by atoms with Crippen molar-refractivity contribution in [2.75, 3.05) is 7.05 Å². The van der Waals surface area contributed by atoms with E-state index in [-0.39, 0.29) is 6.04 Å². The van der Waals surface area contributed by atoms with Gasteiger partial charge < -0.3 is 5.32 Å². The number of hydrogen-bond acceptors (Lipinski definition) is 2. The van der Waals surface area contributed by atoms with Crippen LogP contribution in [0.5, 0.6) is 0 Å². The summed E-state index contributed by atoms with van der Waals surface area (Å²) in [6.07, 6.45) is 0.869. The van der Waals surface area contributed by atoms with Crippen LogP contribution in [0.2, 0.25) is 0 Å². The Bertz CT molecular complexity index is 764. The summed E-state index contributed by atoms with van der Waals surface area (Å²) in [5.74, 6) is 0. The van der Waals surface area contributed by atoms with Gasteiger partial charge in [0.1, 0.15) is 0 Å². The highest BCUT2D eigenvalue weighted by atomic mass is 79.9. The molecule has 0 aliphatic rings. The molecule has 1 heterocycles. The smallest absolute Gasteiger partial charge is 0.0722 e. The summed E-state index contributed by atoms with van der Waals surface area (Å²) in [5.41, 5.74) is 3.57. The van der Waals surface area contributed by atoms with Crippen LogP contribution in [0.3, 0.4) is 0 Å². The average molecular weight is 344 g/mol. The molecular weight excluding hydrogens is 326 g/mol. The first kappa shape index (κ1) is 14.3. The number of aromatic nitrogens is 2. The zero-order valence-corrected chi connectivity index (χ0v) is 13.8. The minimum Gasteiger partial charge on any atom is -0.313 e. The SMILES string of the molecule is CNC(Cc1nn(C)c2ccccc12)c1cccc(Br)c1. The second-order valence-electron chi connectivity index (χ2n) is 5.19. The van der Waals surface area contributed by atoms with Crippen LogP contribution in [0, 0.1) is 0 Å². The predicted octanol–water partition coefficient (Wildman–Crippen LogP) is 3.84. The van der Waals surface area contributed by atoms with Gasteiger partial charge in [-0.3, -0.25) is 4.68 Å². The number of benzene rings is 2. The molecule has 3 nitrogen and oxygen atoms in total. The third-order valence-electron chi connectivity index (χ3n) is 3.83. The molecule has 0 spiro atoms. The number of nitrogens with one attached hydrogen (secondary N) is 1. The van der Waals surface area contributed by atoms with Gasteiger partial charge in [-0.2, -0.15) is 5.10 Å². The van der Waals surface area contributed by atoms with Crippen molar-refractivity contribution < 1.29 is 0 Å². The van der Waals surface area contributed by atoms with Crippen molar-refractivity contribution in [2.24, 2.45) is 7.05 Å². The van der Waals surface area contributed by atoms with Gasteiger partial charge in [0.2, 0.25) is 0 Å². The Morgan fingerprint density at radius 3 is 2.76 bits per heavy atom. The van der Waals surface area contributed by atoms with Gasteiger partial charge in [-0.25, -0.2) is 0 Å². The Balaban J connectivity index is 1.96. The van der Waals surface area contributed by atoms with E-state index in [2.05, 4.69) is 63.7 Å². The van der Waals surface area contributed by atoms with E-state index in [1.807, 2.05) is 24.8 Å². The second-order valence-corrected chi connectivity index (χ2v) is 6.10. The van der Waals surface area contributed by atoms with Crippen molar-refractivity contribution in [2.45, 2.75) is 12.5 Å². The van der Waals surface area contributed by atoms with Gasteiger partial charge in [0.25, 0.3) is 0 Å². The Morgan fingerprint density at radius 1 is 1.19 bits per heavy atom. The summed E-state index contributed by atoms with van der Waals surface area (Å²) < 4.78 is 3.06. The number of halogens is 1. The first-order valence-electron chi connectivity index (χ1n) is 7.02. The molecule has 0 amide bonds. The van der Waals surface area contributed by atoms with E-state index in [1.54, 1.807) is 0 Å². The number of rotatable bonds is 4. The molecule has 3 rings (SSSR count). The van der Waals surface area contributed by atoms with E-state index < -0.39 is 0 Å². The maximum atomic E-state index is 4.69. The van der Waals surface area contributed by atoms with Crippen LogP contribution in [0.1, 0.15) is 17.3 Å². The minimum atomic E-state index is 0.251. The third-order valence-corrected chi connectivity index (χ3v) is 4.32. The van der Waals surface area contributed by atoms with Crippen molar-refractivity contribution in [1.29, 1.82) is 0 Å². The highest BCUT2D eigenvalue weighted by molar-refractivity contribution is 9.10. The van der Waals surface area contributed by atoms with Crippen LogP contribution in [0.4, 0.5) is 0 Å². The quantitative estimate of drug-likeness (QED) is 0.779. The predicted molar refractivity (Wildman–Crippen MR) is 90.4 cm³/mol. The Hall–Kier alpha value is -1.65. The largest absolute Gasteiger partial charge is 0.313 e. The van der Waals surface area contributed by atoms with Gasteiger partial charge >= 0.3 is 0 Å². The number of aryl methyl sites for hydroxylation is 1. The first-order chi connectivity index (χ1) is 10.2. The number of para-hydroxylation sites is 1. The van der Waals surface area contributed by atoms with Crippen LogP contribution in [0.25, 0.3) is 10.9 Å². The normalized spacial score (nSPS) is 12.7. The van der Waals surface area contributed by atoms with Gasteiger partial charge in [-0.1, -0.05) is 46.3 Å². The van der Waals surface area contributed by atoms with E-state index >= 15 is 0 Å². The topological polar surface area (TPSA) is 29.9 Å². The fourth-order valence-electron chi connectivity index (χ4n) is 2.74. The van der Waals surface area contributed by atoms with Crippen LogP contribution < -0.4 is 5.32 Å². The number of likely N-dealkylation sites (N-methyl/N-ethyl adjacent to an activating group) is 1. The summed E-state index contributed by atoms with van der Waals surface area (Å²) in [7, 11) is 4.00. The molecule has 1 atom stereocenters. The molecule has 0 saturated heterocycles. The van der Waals surface area contributed by atoms with Gasteiger partial charge in [-0.15, -0.1) is 0 Å². The molecule has 2 aromatic carbocycles. The van der Waals surface area contributed by atoms with E-state index in [0.717, 1.165) is 16.6 Å². The standard InChI is InChI=1S/C17H18BrN3/c1-19-15(12-6-5-7-13(18)10-12)11-16-14-8-3-4-9-17(14)21(2)20-16/h3-10,15,19H,11H2,1-2H3. The fourth-order valence-corrected chi connectivity index (χ4v) is 3.16. The van der Waals surface area contributed by atoms with E-state index in [0.29, 0.717) is 0 Å². The summed E-state index contributed by atoms with van der Waals surface area (Å²) >= 11 is 3.54. The maximum Gasteiger partial charge on any atom is 0.0722 e. The molecule has 1 N–H and O–H groups in total. The lowest BCUT2D eigenvalue weighted by atomic mass is 10.0. The highest BCUT2D eigenvalue weighted by Gasteiger charge is 2.15. The molecule has 21 heavy (non-hydrogen) atoms. The zero-order valence-electron chi connectivity index (χ0n) is 12.2. The lowest BCUT2D eigenvalue weighted by Crippen LogP contribution is -2.19. The second kappa shape index (κ2) is 6.00. The first-order valence-corrected chi connectivity index (χ1v) is 7.81. The van der Waals surface area contributed by atoms with Crippen LogP contribution in [-0.4, -0.2) is 16.8 Å². The Morgan fingerprint density at radius 2 is 2.00 bits per heavy atom. The van der Waals surface area contributed by atoms with Crippen LogP contribution in [-0.2, 0) is 13.5 Å². The van der Waals surface area contributed by atoms with Gasteiger partial charge in [0.15, 0.2) is 0 Å². The van der Waals surface area contributed by atoms with Gasteiger partial charge in [0, 0.05) is 29.4 Å². The minimum absolute atomic E-state index is 0.251. The lowest BCUT2D eigenvalue weighted by Gasteiger charge is -2.16. The number of fused-ring (bicyclic) bond motifs is 1. The summed E-state index contributed by atoms with van der Waals surface area (Å²) in [6.45, 7) is 0. The zero-order chi connectivity index (χ0) is 14.8. The molecule has 108 valence electrons. The van der Waals surface area contributed by atoms with Crippen molar-refractivity contribution in [3.63, 3.8) is 0 Å². The van der Waals surface area contributed by atoms with E-state index in [9.17, 15) is 0 Å². The molecule has 0 fully saturated rings. The molecule has 1 aromatic heterocycles. The van der Waals surface area contributed by atoms with Crippen molar-refractivity contribution >= 4 is 26.8 Å². The number of nitrogens with zero attached hydrogens (tertiary/aromatic N) is 2. The molecule has 0 bridgehead atoms. The van der Waals surface area contributed by atoms with Crippen LogP contribution >= 0.6 is 15.9 Å². The Labute approximate surface area is 133 Å². The fraction of sp³-hybridized carbons (Fsp3) is 0.235. The number of hydrogen-bond donors (Lipinski definition) is 1. The van der Waals surface area contributed by atoms with E-state index in [4.69, 9.17) is 5.10 Å². The molecule has 1 unspecified atom stereocenters. The van der Waals surface area contributed by atoms with Crippen molar-refractivity contribution in [1.82, 2.24) is 15.1 Å². The van der Waals surface area contributed by atoms with Crippen LogP contribution in [0.15, 0.2) is 53.0 Å².